The van der Waals surface area contributed by atoms with Gasteiger partial charge in [0.25, 0.3) is 0 Å². The quantitative estimate of drug-likeness (QED) is 0.848. The van der Waals surface area contributed by atoms with Crippen LogP contribution >= 0.6 is 11.6 Å². The first-order chi connectivity index (χ1) is 8.28. The van der Waals surface area contributed by atoms with Crippen molar-refractivity contribution in [2.45, 2.75) is 25.7 Å². The Hall–Kier alpha value is -0.780. The van der Waals surface area contributed by atoms with Crippen molar-refractivity contribution in [2.75, 3.05) is 18.8 Å². The number of sulfonamides is 1. The highest BCUT2D eigenvalue weighted by Crippen LogP contribution is 2.25. The first-order valence-corrected chi connectivity index (χ1v) is 7.66. The van der Waals surface area contributed by atoms with Crippen molar-refractivity contribution in [2.24, 2.45) is 5.92 Å². The Morgan fingerprint density at radius 2 is 2.00 bits per heavy atom. The SMILES string of the molecule is CCN(CC(C)C)S(=O)(=O)c1ccc(N)c(Cl)c1. The molecular weight excluding hydrogens is 272 g/mol. The molecule has 6 heteroatoms. The Kier molecular flexibility index (Phi) is 5.01. The summed E-state index contributed by atoms with van der Waals surface area (Å²) in [5.74, 6) is 0.268. The van der Waals surface area contributed by atoms with Crippen LogP contribution in [0.5, 0.6) is 0 Å². The van der Waals surface area contributed by atoms with E-state index in [4.69, 9.17) is 17.3 Å². The number of nitrogens with zero attached hydrogens (tertiary/aromatic N) is 1. The molecule has 0 heterocycles. The standard InChI is InChI=1S/C12H19ClN2O2S/c1-4-15(8-9(2)3)18(16,17)10-5-6-12(14)11(13)7-10/h5-7,9H,4,8,14H2,1-3H3. The maximum Gasteiger partial charge on any atom is 0.243 e. The number of benzene rings is 1. The van der Waals surface area contributed by atoms with Gasteiger partial charge in [-0.1, -0.05) is 32.4 Å². The zero-order valence-electron chi connectivity index (χ0n) is 10.9. The molecule has 0 fully saturated rings. The Bertz CT molecular complexity index is 515. The fourth-order valence-corrected chi connectivity index (χ4v) is 3.51. The largest absolute Gasteiger partial charge is 0.398 e. The van der Waals surface area contributed by atoms with Crippen molar-refractivity contribution in [3.8, 4) is 0 Å². The van der Waals surface area contributed by atoms with Gasteiger partial charge in [0.05, 0.1) is 15.6 Å². The molecule has 1 aromatic rings. The van der Waals surface area contributed by atoms with Crippen LogP contribution in [-0.2, 0) is 10.0 Å². The number of anilines is 1. The molecule has 0 aliphatic carbocycles. The van der Waals surface area contributed by atoms with Crippen LogP contribution in [-0.4, -0.2) is 25.8 Å². The van der Waals surface area contributed by atoms with Gasteiger partial charge >= 0.3 is 0 Å². The van der Waals surface area contributed by atoms with Crippen LogP contribution < -0.4 is 5.73 Å². The Balaban J connectivity index is 3.14. The number of nitrogens with two attached hydrogens (primary N) is 1. The van der Waals surface area contributed by atoms with Crippen molar-refractivity contribution in [1.82, 2.24) is 4.31 Å². The zero-order valence-corrected chi connectivity index (χ0v) is 12.4. The molecule has 18 heavy (non-hydrogen) atoms. The van der Waals surface area contributed by atoms with E-state index < -0.39 is 10.0 Å². The third-order valence-corrected chi connectivity index (χ3v) is 4.80. The summed E-state index contributed by atoms with van der Waals surface area (Å²) in [6.07, 6.45) is 0. The molecule has 0 radical (unpaired) electrons. The van der Waals surface area contributed by atoms with E-state index in [0.717, 1.165) is 0 Å². The second-order valence-corrected chi connectivity index (χ2v) is 6.88. The van der Waals surface area contributed by atoms with E-state index in [1.54, 1.807) is 0 Å². The minimum atomic E-state index is -3.49. The average molecular weight is 291 g/mol. The first kappa shape index (κ1) is 15.3. The predicted octanol–water partition coefficient (Wildman–Crippen LogP) is 2.59. The van der Waals surface area contributed by atoms with Gasteiger partial charge in [-0.3, -0.25) is 0 Å². The monoisotopic (exact) mass is 290 g/mol. The maximum atomic E-state index is 12.4. The summed E-state index contributed by atoms with van der Waals surface area (Å²) in [6.45, 7) is 6.70. The predicted molar refractivity (Wildman–Crippen MR) is 75.1 cm³/mol. The van der Waals surface area contributed by atoms with Gasteiger partial charge in [0.2, 0.25) is 10.0 Å². The smallest absolute Gasteiger partial charge is 0.243 e. The number of rotatable bonds is 5. The lowest BCUT2D eigenvalue weighted by molar-refractivity contribution is 0.381. The van der Waals surface area contributed by atoms with Gasteiger partial charge in [-0.2, -0.15) is 4.31 Å². The van der Waals surface area contributed by atoms with E-state index in [1.807, 2.05) is 20.8 Å². The van der Waals surface area contributed by atoms with Crippen molar-refractivity contribution in [3.63, 3.8) is 0 Å². The highest BCUT2D eigenvalue weighted by Gasteiger charge is 2.24. The molecule has 0 unspecified atom stereocenters. The summed E-state index contributed by atoms with van der Waals surface area (Å²) in [5, 5.41) is 0.261. The van der Waals surface area contributed by atoms with E-state index in [-0.39, 0.29) is 15.8 Å². The summed E-state index contributed by atoms with van der Waals surface area (Å²) in [6, 6.07) is 4.40. The van der Waals surface area contributed by atoms with Crippen LogP contribution in [0, 0.1) is 5.92 Å². The van der Waals surface area contributed by atoms with E-state index in [1.165, 1.54) is 22.5 Å². The summed E-state index contributed by atoms with van der Waals surface area (Å²) in [4.78, 5) is 0.184. The minimum Gasteiger partial charge on any atom is -0.398 e. The Labute approximate surface area is 114 Å². The van der Waals surface area contributed by atoms with Crippen LogP contribution in [0.2, 0.25) is 5.02 Å². The van der Waals surface area contributed by atoms with Gasteiger partial charge < -0.3 is 5.73 Å². The van der Waals surface area contributed by atoms with Crippen LogP contribution in [0.1, 0.15) is 20.8 Å². The van der Waals surface area contributed by atoms with Gasteiger partial charge in [0.1, 0.15) is 0 Å². The normalized spacial score (nSPS) is 12.3. The highest BCUT2D eigenvalue weighted by molar-refractivity contribution is 7.89. The van der Waals surface area contributed by atoms with E-state index >= 15 is 0 Å². The van der Waals surface area contributed by atoms with Crippen LogP contribution in [0.3, 0.4) is 0 Å². The minimum absolute atomic E-state index is 0.184. The molecule has 2 N–H and O–H groups in total. The molecule has 0 bridgehead atoms. The molecule has 0 aromatic heterocycles. The molecule has 4 nitrogen and oxygen atoms in total. The molecular formula is C12H19ClN2O2S. The van der Waals surface area contributed by atoms with E-state index in [9.17, 15) is 8.42 Å². The Morgan fingerprint density at radius 1 is 1.39 bits per heavy atom. The third kappa shape index (κ3) is 3.37. The molecule has 1 rings (SSSR count). The fourth-order valence-electron chi connectivity index (χ4n) is 1.62. The molecule has 0 saturated heterocycles. The van der Waals surface area contributed by atoms with Gasteiger partial charge in [0.15, 0.2) is 0 Å². The number of hydrogen-bond acceptors (Lipinski definition) is 3. The lowest BCUT2D eigenvalue weighted by Gasteiger charge is -2.22. The van der Waals surface area contributed by atoms with Crippen molar-refractivity contribution < 1.29 is 8.42 Å². The topological polar surface area (TPSA) is 63.4 Å². The number of nitrogen functional groups attached to an aromatic ring is 1. The van der Waals surface area contributed by atoms with Crippen molar-refractivity contribution in [1.29, 1.82) is 0 Å². The summed E-state index contributed by atoms with van der Waals surface area (Å²) >= 11 is 5.87. The van der Waals surface area contributed by atoms with Gasteiger partial charge in [-0.25, -0.2) is 8.42 Å². The fraction of sp³-hybridized carbons (Fsp3) is 0.500. The number of halogens is 1. The molecule has 1 aromatic carbocycles. The molecule has 0 aliphatic rings. The highest BCUT2D eigenvalue weighted by atomic mass is 35.5. The number of hydrogen-bond donors (Lipinski definition) is 1. The molecule has 0 atom stereocenters. The average Bonchev–Trinajstić information content (AvgIpc) is 2.28. The van der Waals surface area contributed by atoms with Crippen LogP contribution in [0.25, 0.3) is 0 Å². The second kappa shape index (κ2) is 5.91. The summed E-state index contributed by atoms with van der Waals surface area (Å²) < 4.78 is 26.2. The molecule has 0 spiro atoms. The summed E-state index contributed by atoms with van der Waals surface area (Å²) in [5.41, 5.74) is 5.96. The molecule has 0 aliphatic heterocycles. The molecule has 102 valence electrons. The second-order valence-electron chi connectivity index (χ2n) is 4.53. The van der Waals surface area contributed by atoms with E-state index in [2.05, 4.69) is 0 Å². The van der Waals surface area contributed by atoms with Crippen LogP contribution in [0.4, 0.5) is 5.69 Å². The van der Waals surface area contributed by atoms with Gasteiger partial charge in [0, 0.05) is 13.1 Å². The molecule has 0 saturated carbocycles. The zero-order chi connectivity index (χ0) is 13.9. The Morgan fingerprint density at radius 3 is 2.44 bits per heavy atom. The van der Waals surface area contributed by atoms with Crippen molar-refractivity contribution in [3.05, 3.63) is 23.2 Å². The first-order valence-electron chi connectivity index (χ1n) is 5.84. The van der Waals surface area contributed by atoms with E-state index in [0.29, 0.717) is 18.8 Å². The maximum absolute atomic E-state index is 12.4. The lowest BCUT2D eigenvalue weighted by Crippen LogP contribution is -2.34. The summed E-state index contributed by atoms with van der Waals surface area (Å²) in [7, 11) is -3.49. The van der Waals surface area contributed by atoms with Crippen LogP contribution in [0.15, 0.2) is 23.1 Å². The van der Waals surface area contributed by atoms with Crippen molar-refractivity contribution >= 4 is 27.3 Å². The third-order valence-electron chi connectivity index (χ3n) is 2.53. The van der Waals surface area contributed by atoms with Gasteiger partial charge in [-0.15, -0.1) is 0 Å². The van der Waals surface area contributed by atoms with Gasteiger partial charge in [-0.05, 0) is 24.1 Å². The lowest BCUT2D eigenvalue weighted by atomic mass is 10.2. The molecule has 0 amide bonds.